The number of aromatic amines is 1. The van der Waals surface area contributed by atoms with Gasteiger partial charge in [-0.3, -0.25) is 19.2 Å². The molecule has 0 bridgehead atoms. The van der Waals surface area contributed by atoms with Crippen LogP contribution in [-0.2, 0) is 30.4 Å². The van der Waals surface area contributed by atoms with Crippen LogP contribution in [0.25, 0.3) is 10.9 Å². The lowest BCUT2D eigenvalue weighted by Gasteiger charge is -2.27. The highest BCUT2D eigenvalue weighted by Crippen LogP contribution is 2.19. The highest BCUT2D eigenvalue weighted by molar-refractivity contribution is 5.95. The molecule has 0 radical (unpaired) electrons. The number of amides is 3. The van der Waals surface area contributed by atoms with Crippen molar-refractivity contribution in [2.75, 3.05) is 0 Å². The lowest BCUT2D eigenvalue weighted by atomic mass is 9.99. The maximum absolute atomic E-state index is 13.3. The number of hydrogen-bond donors (Lipinski definition) is 7. The molecule has 12 nitrogen and oxygen atoms in total. The van der Waals surface area contributed by atoms with E-state index in [1.54, 1.807) is 20.0 Å². The lowest BCUT2D eigenvalue weighted by Crippen LogP contribution is -2.59. The number of aromatic nitrogens is 1. The zero-order valence-electron chi connectivity index (χ0n) is 22.0. The largest absolute Gasteiger partial charge is 0.481 e. The van der Waals surface area contributed by atoms with Gasteiger partial charge in [0.25, 0.3) is 0 Å². The molecule has 0 aliphatic heterocycles. The van der Waals surface area contributed by atoms with E-state index in [9.17, 15) is 29.1 Å². The summed E-state index contributed by atoms with van der Waals surface area (Å²) in [5.41, 5.74) is 7.44. The molecule has 4 atom stereocenters. The third-order valence-corrected chi connectivity index (χ3v) is 6.03. The molecule has 8 N–H and O–H groups in total. The molecule has 4 unspecified atom stereocenters. The molecular weight excluding hydrogens is 494 g/mol. The Hall–Kier alpha value is -3.93. The summed E-state index contributed by atoms with van der Waals surface area (Å²) in [6, 6.07) is 2.51. The van der Waals surface area contributed by atoms with Gasteiger partial charge in [-0.15, -0.1) is 0 Å². The molecule has 3 amide bonds. The van der Waals surface area contributed by atoms with Crippen LogP contribution in [0.15, 0.2) is 30.5 Å². The molecule has 0 aliphatic rings. The molecule has 0 aliphatic carbocycles. The van der Waals surface area contributed by atoms with Crippen LogP contribution in [0.1, 0.15) is 46.1 Å². The van der Waals surface area contributed by atoms with Crippen molar-refractivity contribution in [3.8, 4) is 0 Å². The van der Waals surface area contributed by atoms with Gasteiger partial charge in [0.2, 0.25) is 17.7 Å². The van der Waals surface area contributed by atoms with E-state index in [4.69, 9.17) is 10.8 Å². The molecule has 0 fully saturated rings. The summed E-state index contributed by atoms with van der Waals surface area (Å²) in [7, 11) is 0. The fraction of sp³-hybridized carbons (Fsp3) is 0.500. The number of hydrogen-bond acceptors (Lipinski definition) is 6. The van der Waals surface area contributed by atoms with Crippen LogP contribution < -0.4 is 21.7 Å². The van der Waals surface area contributed by atoms with E-state index in [1.165, 1.54) is 0 Å². The molecule has 1 heterocycles. The first-order valence-electron chi connectivity index (χ1n) is 12.5. The van der Waals surface area contributed by atoms with Crippen molar-refractivity contribution in [1.82, 2.24) is 20.9 Å². The van der Waals surface area contributed by atoms with Crippen molar-refractivity contribution in [3.05, 3.63) is 36.0 Å². The van der Waals surface area contributed by atoms with Gasteiger partial charge in [0, 0.05) is 23.5 Å². The Morgan fingerprint density at radius 1 is 0.895 bits per heavy atom. The third kappa shape index (κ3) is 8.58. The quantitative estimate of drug-likeness (QED) is 0.185. The van der Waals surface area contributed by atoms with Crippen molar-refractivity contribution in [2.45, 2.75) is 71.1 Å². The molecule has 1 aromatic heterocycles. The van der Waals surface area contributed by atoms with Crippen LogP contribution in [0.3, 0.4) is 0 Å². The number of carbonyl (C=O) groups is 5. The molecule has 2 aromatic rings. The average molecular weight is 532 g/mol. The minimum Gasteiger partial charge on any atom is -0.481 e. The van der Waals surface area contributed by atoms with Gasteiger partial charge in [0.1, 0.15) is 18.1 Å². The van der Waals surface area contributed by atoms with Crippen molar-refractivity contribution in [1.29, 1.82) is 0 Å². The number of nitrogens with two attached hydrogens (primary N) is 1. The van der Waals surface area contributed by atoms with Crippen LogP contribution in [0.4, 0.5) is 0 Å². The zero-order chi connectivity index (χ0) is 28.6. The van der Waals surface area contributed by atoms with Crippen LogP contribution in [0.2, 0.25) is 0 Å². The summed E-state index contributed by atoms with van der Waals surface area (Å²) in [5, 5.41) is 26.7. The summed E-state index contributed by atoms with van der Waals surface area (Å²) in [6.07, 6.45) is 1.24. The SMILES string of the molecule is CC(C)CC(N)C(=O)NC(C(=O)NC(Cc1c[nH]c2ccccc12)C(=O)NC(CC(=O)O)C(=O)O)C(C)C. The summed E-state index contributed by atoms with van der Waals surface area (Å²) < 4.78 is 0. The van der Waals surface area contributed by atoms with Crippen molar-refractivity contribution in [2.24, 2.45) is 17.6 Å². The van der Waals surface area contributed by atoms with Crippen molar-refractivity contribution >= 4 is 40.6 Å². The second kappa shape index (κ2) is 13.6. The highest BCUT2D eigenvalue weighted by Gasteiger charge is 2.33. The number of benzene rings is 1. The maximum Gasteiger partial charge on any atom is 0.326 e. The van der Waals surface area contributed by atoms with Crippen molar-refractivity contribution in [3.63, 3.8) is 0 Å². The van der Waals surface area contributed by atoms with Gasteiger partial charge in [0.15, 0.2) is 0 Å². The lowest BCUT2D eigenvalue weighted by molar-refractivity contribution is -0.147. The molecule has 2 rings (SSSR count). The standard InChI is InChI=1S/C26H37N5O7/c1-13(2)9-17(27)23(34)31-22(14(3)4)25(36)29-19(24(35)30-20(26(37)38)11-21(32)33)10-15-12-28-18-8-6-5-7-16(15)18/h5-8,12-14,17,19-20,22,28H,9-11,27H2,1-4H3,(H,29,36)(H,30,35)(H,31,34)(H,32,33)(H,37,38). The summed E-state index contributed by atoms with van der Waals surface area (Å²) in [4.78, 5) is 64.8. The Balaban J connectivity index is 2.31. The van der Waals surface area contributed by atoms with Gasteiger partial charge in [0.05, 0.1) is 12.5 Å². The predicted molar refractivity (Wildman–Crippen MR) is 140 cm³/mol. The third-order valence-electron chi connectivity index (χ3n) is 6.03. The molecule has 12 heteroatoms. The second-order valence-corrected chi connectivity index (χ2v) is 10.1. The molecular formula is C26H37N5O7. The first-order valence-corrected chi connectivity index (χ1v) is 12.5. The zero-order valence-corrected chi connectivity index (χ0v) is 22.0. The summed E-state index contributed by atoms with van der Waals surface area (Å²) >= 11 is 0. The van der Waals surface area contributed by atoms with Gasteiger partial charge < -0.3 is 36.9 Å². The minimum absolute atomic E-state index is 0.0212. The Kier molecular flexibility index (Phi) is 10.8. The van der Waals surface area contributed by atoms with Gasteiger partial charge in [-0.2, -0.15) is 0 Å². The first-order chi connectivity index (χ1) is 17.8. The first kappa shape index (κ1) is 30.3. The summed E-state index contributed by atoms with van der Waals surface area (Å²) in [6.45, 7) is 7.28. The molecule has 208 valence electrons. The Morgan fingerprint density at radius 2 is 1.53 bits per heavy atom. The molecule has 0 spiro atoms. The van der Waals surface area contributed by atoms with E-state index in [1.807, 2.05) is 38.1 Å². The number of rotatable bonds is 14. The average Bonchev–Trinajstić information content (AvgIpc) is 3.23. The molecule has 0 saturated carbocycles. The Morgan fingerprint density at radius 3 is 2.11 bits per heavy atom. The van der Waals surface area contributed by atoms with Crippen LogP contribution in [0, 0.1) is 11.8 Å². The normalized spacial score (nSPS) is 14.5. The predicted octanol–water partition coefficient (Wildman–Crippen LogP) is 0.754. The van der Waals surface area contributed by atoms with Crippen LogP contribution in [0.5, 0.6) is 0 Å². The van der Waals surface area contributed by atoms with E-state index in [0.29, 0.717) is 12.0 Å². The molecule has 38 heavy (non-hydrogen) atoms. The fourth-order valence-electron chi connectivity index (χ4n) is 4.05. The second-order valence-electron chi connectivity index (χ2n) is 10.1. The van der Waals surface area contributed by atoms with Gasteiger partial charge in [-0.1, -0.05) is 45.9 Å². The number of carbonyl (C=O) groups excluding carboxylic acids is 3. The number of fused-ring (bicyclic) bond motifs is 1. The highest BCUT2D eigenvalue weighted by atomic mass is 16.4. The van der Waals surface area contributed by atoms with E-state index in [-0.39, 0.29) is 18.3 Å². The molecule has 0 saturated heterocycles. The van der Waals surface area contributed by atoms with Crippen LogP contribution >= 0.6 is 0 Å². The van der Waals surface area contributed by atoms with E-state index in [0.717, 1.165) is 10.9 Å². The number of para-hydroxylation sites is 1. The number of aliphatic carboxylic acids is 2. The number of nitrogens with one attached hydrogen (secondary N) is 4. The smallest absolute Gasteiger partial charge is 0.326 e. The van der Waals surface area contributed by atoms with E-state index < -0.39 is 60.2 Å². The Labute approximate surface area is 220 Å². The number of carboxylic acids is 2. The van der Waals surface area contributed by atoms with Gasteiger partial charge in [-0.25, -0.2) is 4.79 Å². The maximum atomic E-state index is 13.3. The van der Waals surface area contributed by atoms with Crippen molar-refractivity contribution < 1.29 is 34.2 Å². The van der Waals surface area contributed by atoms with E-state index >= 15 is 0 Å². The number of carboxylic acid groups (broad SMARTS) is 2. The Bertz CT molecular complexity index is 1160. The minimum atomic E-state index is -1.70. The molecule has 1 aromatic carbocycles. The van der Waals surface area contributed by atoms with E-state index in [2.05, 4.69) is 20.9 Å². The van der Waals surface area contributed by atoms with Gasteiger partial charge >= 0.3 is 11.9 Å². The fourth-order valence-corrected chi connectivity index (χ4v) is 4.05. The summed E-state index contributed by atoms with van der Waals surface area (Å²) in [5.74, 6) is -5.16. The van der Waals surface area contributed by atoms with Crippen LogP contribution in [-0.4, -0.2) is 69.0 Å². The number of H-pyrrole nitrogens is 1. The van der Waals surface area contributed by atoms with Gasteiger partial charge in [-0.05, 0) is 29.9 Å². The topological polar surface area (TPSA) is 204 Å². The monoisotopic (exact) mass is 531 g/mol.